The van der Waals surface area contributed by atoms with E-state index in [1.165, 1.54) is 7.11 Å². The maximum Gasteiger partial charge on any atom is 0.408 e. The van der Waals surface area contributed by atoms with Gasteiger partial charge in [-0.2, -0.15) is 0 Å². The number of anilines is 1. The Hall–Kier alpha value is -2.35. The van der Waals surface area contributed by atoms with E-state index < -0.39 is 23.7 Å². The molecule has 0 aromatic carbocycles. The van der Waals surface area contributed by atoms with E-state index in [2.05, 4.69) is 15.2 Å². The number of morpholine rings is 1. The van der Waals surface area contributed by atoms with Crippen LogP contribution in [-0.2, 0) is 19.0 Å². The number of pyridine rings is 1. The normalized spacial score (nSPS) is 15.9. The second kappa shape index (κ2) is 8.84. The summed E-state index contributed by atoms with van der Waals surface area (Å²) >= 11 is 0. The van der Waals surface area contributed by atoms with Crippen molar-refractivity contribution in [2.75, 3.05) is 38.3 Å². The number of hydrogen-bond acceptors (Lipinski definition) is 7. The van der Waals surface area contributed by atoms with Crippen molar-refractivity contribution in [3.05, 3.63) is 24.0 Å². The molecule has 0 bridgehead atoms. The van der Waals surface area contributed by atoms with Gasteiger partial charge < -0.3 is 24.4 Å². The number of hydrogen-bond donors (Lipinski definition) is 1. The molecule has 0 radical (unpaired) electrons. The lowest BCUT2D eigenvalue weighted by molar-refractivity contribution is -0.141. The van der Waals surface area contributed by atoms with Gasteiger partial charge in [-0.1, -0.05) is 0 Å². The Morgan fingerprint density at radius 1 is 1.31 bits per heavy atom. The molecule has 8 nitrogen and oxygen atoms in total. The molecular formula is C18H27N3O5. The van der Waals surface area contributed by atoms with Crippen LogP contribution < -0.4 is 10.2 Å². The molecule has 1 atom stereocenters. The number of rotatable bonds is 5. The van der Waals surface area contributed by atoms with Gasteiger partial charge in [-0.05, 0) is 32.4 Å². The number of carbonyl (C=O) groups excluding carboxylic acids is 2. The van der Waals surface area contributed by atoms with Crippen LogP contribution in [0.25, 0.3) is 0 Å². The van der Waals surface area contributed by atoms with Crippen molar-refractivity contribution in [1.29, 1.82) is 0 Å². The number of methoxy groups -OCH3 is 1. The summed E-state index contributed by atoms with van der Waals surface area (Å²) < 4.78 is 15.4. The number of nitrogens with one attached hydrogen (secondary N) is 1. The van der Waals surface area contributed by atoms with E-state index in [0.29, 0.717) is 18.8 Å². The minimum absolute atomic E-state index is 0.00993. The number of esters is 1. The molecule has 26 heavy (non-hydrogen) atoms. The van der Waals surface area contributed by atoms with Gasteiger partial charge in [-0.15, -0.1) is 0 Å². The molecular weight excluding hydrogens is 338 g/mol. The van der Waals surface area contributed by atoms with Gasteiger partial charge in [0.15, 0.2) is 0 Å². The molecule has 0 aliphatic carbocycles. The van der Waals surface area contributed by atoms with Crippen LogP contribution in [0.5, 0.6) is 0 Å². The predicted molar refractivity (Wildman–Crippen MR) is 96.0 cm³/mol. The second-order valence-electron chi connectivity index (χ2n) is 7.05. The van der Waals surface area contributed by atoms with Crippen molar-refractivity contribution in [2.24, 2.45) is 0 Å². The third kappa shape index (κ3) is 6.18. The molecule has 1 aromatic rings. The van der Waals surface area contributed by atoms with E-state index in [0.717, 1.165) is 18.8 Å². The Balaban J connectivity index is 2.18. The number of amides is 1. The van der Waals surface area contributed by atoms with Gasteiger partial charge in [0, 0.05) is 19.3 Å². The second-order valence-corrected chi connectivity index (χ2v) is 7.05. The first-order chi connectivity index (χ1) is 12.3. The summed E-state index contributed by atoms with van der Waals surface area (Å²) in [4.78, 5) is 30.4. The smallest absolute Gasteiger partial charge is 0.408 e. The summed E-state index contributed by atoms with van der Waals surface area (Å²) in [6, 6.07) is 1.33. The molecule has 2 rings (SSSR count). The van der Waals surface area contributed by atoms with Gasteiger partial charge >= 0.3 is 12.1 Å². The van der Waals surface area contributed by atoms with Crippen LogP contribution in [0.4, 0.5) is 10.5 Å². The lowest BCUT2D eigenvalue weighted by Gasteiger charge is -2.29. The largest absolute Gasteiger partial charge is 0.469 e. The molecule has 8 heteroatoms. The lowest BCUT2D eigenvalue weighted by Crippen LogP contribution is -2.37. The fraction of sp³-hybridized carbons (Fsp3) is 0.611. The molecule has 1 saturated heterocycles. The van der Waals surface area contributed by atoms with Crippen molar-refractivity contribution < 1.29 is 23.8 Å². The number of carbonyl (C=O) groups is 2. The third-order valence-corrected chi connectivity index (χ3v) is 3.81. The highest BCUT2D eigenvalue weighted by Gasteiger charge is 2.24. The van der Waals surface area contributed by atoms with Crippen molar-refractivity contribution in [3.8, 4) is 0 Å². The highest BCUT2D eigenvalue weighted by atomic mass is 16.6. The number of ether oxygens (including phenoxy) is 3. The van der Waals surface area contributed by atoms with E-state index >= 15 is 0 Å². The summed E-state index contributed by atoms with van der Waals surface area (Å²) in [5, 5.41) is 2.74. The van der Waals surface area contributed by atoms with Gasteiger partial charge in [0.05, 0.1) is 44.7 Å². The topological polar surface area (TPSA) is 90.0 Å². The Morgan fingerprint density at radius 3 is 2.62 bits per heavy atom. The number of aromatic nitrogens is 1. The molecule has 144 valence electrons. The standard InChI is InChI=1S/C18H27N3O5/c1-18(2,3)26-17(23)20-15(10-16(22)24-4)13-9-14(12-19-11-13)21-5-7-25-8-6-21/h9,11-12,15H,5-8,10H2,1-4H3,(H,20,23). The van der Waals surface area contributed by atoms with E-state index in [4.69, 9.17) is 14.2 Å². The van der Waals surface area contributed by atoms with Crippen molar-refractivity contribution in [3.63, 3.8) is 0 Å². The molecule has 1 unspecified atom stereocenters. The third-order valence-electron chi connectivity index (χ3n) is 3.81. The van der Waals surface area contributed by atoms with Crippen molar-refractivity contribution >= 4 is 17.7 Å². The Labute approximate surface area is 153 Å². The van der Waals surface area contributed by atoms with Crippen LogP contribution in [0.3, 0.4) is 0 Å². The maximum absolute atomic E-state index is 12.2. The molecule has 1 N–H and O–H groups in total. The lowest BCUT2D eigenvalue weighted by atomic mass is 10.1. The fourth-order valence-corrected chi connectivity index (χ4v) is 2.58. The van der Waals surface area contributed by atoms with Crippen LogP contribution in [0, 0.1) is 0 Å². The average Bonchev–Trinajstić information content (AvgIpc) is 2.60. The van der Waals surface area contributed by atoms with Gasteiger partial charge in [-0.3, -0.25) is 9.78 Å². The highest BCUT2D eigenvalue weighted by Crippen LogP contribution is 2.23. The fourth-order valence-electron chi connectivity index (χ4n) is 2.58. The molecule has 1 aliphatic heterocycles. The monoisotopic (exact) mass is 365 g/mol. The van der Waals surface area contributed by atoms with E-state index in [1.807, 2.05) is 6.07 Å². The van der Waals surface area contributed by atoms with E-state index in [9.17, 15) is 9.59 Å². The molecule has 1 amide bonds. The summed E-state index contributed by atoms with van der Waals surface area (Å²) in [5.74, 6) is -0.428. The quantitative estimate of drug-likeness (QED) is 0.799. The first kappa shape index (κ1) is 20.0. The molecule has 1 aliphatic rings. The zero-order valence-corrected chi connectivity index (χ0v) is 15.8. The van der Waals surface area contributed by atoms with Crippen LogP contribution in [0.1, 0.15) is 38.8 Å². The number of nitrogens with zero attached hydrogens (tertiary/aromatic N) is 2. The van der Waals surface area contributed by atoms with Gasteiger partial charge in [0.1, 0.15) is 5.60 Å². The predicted octanol–water partition coefficient (Wildman–Crippen LogP) is 2.05. The summed E-state index contributed by atoms with van der Waals surface area (Å²) in [5.41, 5.74) is 1.00. The molecule has 0 spiro atoms. The van der Waals surface area contributed by atoms with Gasteiger partial charge in [0.2, 0.25) is 0 Å². The van der Waals surface area contributed by atoms with Crippen LogP contribution >= 0.6 is 0 Å². The number of alkyl carbamates (subject to hydrolysis) is 1. The summed E-state index contributed by atoms with van der Waals surface area (Å²) in [7, 11) is 1.31. The first-order valence-electron chi connectivity index (χ1n) is 8.62. The minimum atomic E-state index is -0.631. The molecule has 1 aromatic heterocycles. The first-order valence-corrected chi connectivity index (χ1v) is 8.62. The zero-order chi connectivity index (χ0) is 19.2. The maximum atomic E-state index is 12.2. The van der Waals surface area contributed by atoms with Crippen molar-refractivity contribution in [2.45, 2.75) is 38.8 Å². The minimum Gasteiger partial charge on any atom is -0.469 e. The van der Waals surface area contributed by atoms with Crippen LogP contribution in [0.15, 0.2) is 18.5 Å². The van der Waals surface area contributed by atoms with Crippen molar-refractivity contribution in [1.82, 2.24) is 10.3 Å². The van der Waals surface area contributed by atoms with Crippen LogP contribution in [0.2, 0.25) is 0 Å². The average molecular weight is 365 g/mol. The summed E-state index contributed by atoms with van der Waals surface area (Å²) in [6.45, 7) is 8.20. The Kier molecular flexibility index (Phi) is 6.79. The molecule has 0 saturated carbocycles. The van der Waals surface area contributed by atoms with Gasteiger partial charge in [0.25, 0.3) is 0 Å². The van der Waals surface area contributed by atoms with E-state index in [-0.39, 0.29) is 6.42 Å². The summed E-state index contributed by atoms with van der Waals surface area (Å²) in [6.07, 6.45) is 2.79. The zero-order valence-electron chi connectivity index (χ0n) is 15.8. The Bertz CT molecular complexity index is 623. The Morgan fingerprint density at radius 2 is 2.00 bits per heavy atom. The SMILES string of the molecule is COC(=O)CC(NC(=O)OC(C)(C)C)c1cncc(N2CCOCC2)c1. The highest BCUT2D eigenvalue weighted by molar-refractivity contribution is 5.73. The molecule has 1 fully saturated rings. The van der Waals surface area contributed by atoms with E-state index in [1.54, 1.807) is 33.2 Å². The van der Waals surface area contributed by atoms with Crippen LogP contribution in [-0.4, -0.2) is 56.1 Å². The molecule has 2 heterocycles. The van der Waals surface area contributed by atoms with Gasteiger partial charge in [-0.25, -0.2) is 4.79 Å².